The van der Waals surface area contributed by atoms with Crippen molar-refractivity contribution in [1.82, 2.24) is 14.8 Å². The van der Waals surface area contributed by atoms with Gasteiger partial charge in [0.15, 0.2) is 0 Å². The Labute approximate surface area is 232 Å². The molecule has 1 aliphatic heterocycles. The Hall–Kier alpha value is -3.06. The SMILES string of the molecule is CCCCn1c2cc(CCCCN(C)C)c(O)cc2c2c3c(c(-c4c(Cl)cccc4Cl)cc21)C(=O)NC3=O. The second kappa shape index (κ2) is 10.6. The summed E-state index contributed by atoms with van der Waals surface area (Å²) in [5.74, 6) is -0.732. The maximum Gasteiger partial charge on any atom is 0.259 e. The van der Waals surface area contributed by atoms with Gasteiger partial charge in [-0.1, -0.05) is 42.6 Å². The monoisotopic (exact) mass is 551 g/mol. The lowest BCUT2D eigenvalue weighted by Crippen LogP contribution is -2.20. The van der Waals surface area contributed by atoms with Crippen LogP contribution in [-0.4, -0.2) is 47.0 Å². The Kier molecular flexibility index (Phi) is 7.40. The van der Waals surface area contributed by atoms with E-state index >= 15 is 0 Å². The molecule has 0 bridgehead atoms. The van der Waals surface area contributed by atoms with Gasteiger partial charge >= 0.3 is 0 Å². The van der Waals surface area contributed by atoms with Crippen molar-refractivity contribution in [3.05, 3.63) is 63.1 Å². The minimum atomic E-state index is -0.478. The molecule has 0 unspecified atom stereocenters. The van der Waals surface area contributed by atoms with Crippen molar-refractivity contribution in [2.24, 2.45) is 0 Å². The van der Waals surface area contributed by atoms with E-state index in [4.69, 9.17) is 23.2 Å². The maximum absolute atomic E-state index is 13.2. The van der Waals surface area contributed by atoms with Crippen LogP contribution >= 0.6 is 23.2 Å². The lowest BCUT2D eigenvalue weighted by molar-refractivity contribution is 0.0880. The van der Waals surface area contributed by atoms with Gasteiger partial charge in [-0.3, -0.25) is 14.9 Å². The zero-order valence-corrected chi connectivity index (χ0v) is 23.3. The van der Waals surface area contributed by atoms with Gasteiger partial charge in [0.1, 0.15) is 5.75 Å². The van der Waals surface area contributed by atoms with Crippen molar-refractivity contribution in [2.75, 3.05) is 20.6 Å². The minimum absolute atomic E-state index is 0.202. The number of fused-ring (bicyclic) bond motifs is 5. The van der Waals surface area contributed by atoms with Crippen molar-refractivity contribution in [2.45, 2.75) is 45.6 Å². The highest BCUT2D eigenvalue weighted by Gasteiger charge is 2.35. The number of nitrogens with one attached hydrogen (secondary N) is 1. The number of halogens is 2. The summed E-state index contributed by atoms with van der Waals surface area (Å²) in [6.45, 7) is 3.85. The van der Waals surface area contributed by atoms with Gasteiger partial charge in [0, 0.05) is 44.0 Å². The number of aromatic nitrogens is 1. The van der Waals surface area contributed by atoms with E-state index in [0.717, 1.165) is 67.2 Å². The van der Waals surface area contributed by atoms with E-state index in [1.807, 2.05) is 12.1 Å². The molecule has 38 heavy (non-hydrogen) atoms. The van der Waals surface area contributed by atoms with Crippen molar-refractivity contribution in [1.29, 1.82) is 0 Å². The first-order chi connectivity index (χ1) is 18.2. The van der Waals surface area contributed by atoms with Crippen LogP contribution in [-0.2, 0) is 13.0 Å². The van der Waals surface area contributed by atoms with Crippen LogP contribution in [0.2, 0.25) is 10.0 Å². The molecule has 1 aliphatic rings. The molecule has 5 rings (SSSR count). The molecule has 2 amide bonds. The van der Waals surface area contributed by atoms with Gasteiger partial charge in [0.2, 0.25) is 0 Å². The smallest absolute Gasteiger partial charge is 0.259 e. The molecule has 8 heteroatoms. The largest absolute Gasteiger partial charge is 0.508 e. The van der Waals surface area contributed by atoms with Crippen molar-refractivity contribution in [3.8, 4) is 16.9 Å². The molecule has 3 aromatic carbocycles. The van der Waals surface area contributed by atoms with E-state index in [1.165, 1.54) is 0 Å². The Morgan fingerprint density at radius 1 is 0.921 bits per heavy atom. The summed E-state index contributed by atoms with van der Waals surface area (Å²) in [7, 11) is 4.11. The number of phenolic OH excluding ortho intramolecular Hbond substituents is 1. The summed E-state index contributed by atoms with van der Waals surface area (Å²) in [6.07, 6.45) is 4.66. The Balaban J connectivity index is 1.80. The lowest BCUT2D eigenvalue weighted by atomic mass is 9.92. The van der Waals surface area contributed by atoms with Crippen molar-refractivity contribution >= 4 is 56.8 Å². The van der Waals surface area contributed by atoms with Crippen LogP contribution in [0, 0.1) is 0 Å². The normalized spacial score (nSPS) is 13.2. The molecular weight excluding hydrogens is 521 g/mol. The van der Waals surface area contributed by atoms with E-state index in [9.17, 15) is 14.7 Å². The number of carbonyl (C=O) groups is 2. The average molecular weight is 553 g/mol. The molecule has 0 aliphatic carbocycles. The molecule has 2 N–H and O–H groups in total. The zero-order chi connectivity index (χ0) is 27.1. The number of nitrogens with zero attached hydrogens (tertiary/aromatic N) is 2. The van der Waals surface area contributed by atoms with E-state index < -0.39 is 11.8 Å². The Morgan fingerprint density at radius 3 is 2.32 bits per heavy atom. The highest BCUT2D eigenvalue weighted by molar-refractivity contribution is 6.41. The number of hydrogen-bond donors (Lipinski definition) is 2. The predicted molar refractivity (Wildman–Crippen MR) is 155 cm³/mol. The van der Waals surface area contributed by atoms with Crippen LogP contribution < -0.4 is 5.32 Å². The molecular formula is C30H31Cl2N3O3. The predicted octanol–water partition coefficient (Wildman–Crippen LogP) is 7.04. The van der Waals surface area contributed by atoms with Gasteiger partial charge in [-0.2, -0.15) is 0 Å². The third-order valence-corrected chi connectivity index (χ3v) is 7.93. The molecule has 1 aromatic heterocycles. The van der Waals surface area contributed by atoms with E-state index in [1.54, 1.807) is 24.3 Å². The Bertz CT molecular complexity index is 1570. The van der Waals surface area contributed by atoms with Gasteiger partial charge in [-0.05, 0) is 82.2 Å². The van der Waals surface area contributed by atoms with Gasteiger partial charge in [0.25, 0.3) is 11.8 Å². The molecule has 6 nitrogen and oxygen atoms in total. The number of unbranched alkanes of at least 4 members (excludes halogenated alkanes) is 2. The first-order valence-electron chi connectivity index (χ1n) is 13.0. The summed E-state index contributed by atoms with van der Waals surface area (Å²) in [5.41, 5.74) is 4.24. The average Bonchev–Trinajstić information content (AvgIpc) is 3.32. The fourth-order valence-corrected chi connectivity index (χ4v) is 6.07. The number of aryl methyl sites for hydroxylation is 2. The van der Waals surface area contributed by atoms with Crippen molar-refractivity contribution in [3.63, 3.8) is 0 Å². The number of carbonyl (C=O) groups excluding carboxylic acids is 2. The first kappa shape index (κ1) is 26.5. The van der Waals surface area contributed by atoms with E-state index in [0.29, 0.717) is 32.1 Å². The molecule has 0 saturated carbocycles. The van der Waals surface area contributed by atoms with E-state index in [-0.39, 0.29) is 11.3 Å². The fraction of sp³-hybridized carbons (Fsp3) is 0.333. The topological polar surface area (TPSA) is 74.6 Å². The number of benzene rings is 3. The van der Waals surface area contributed by atoms with Gasteiger partial charge in [-0.25, -0.2) is 0 Å². The molecule has 0 fully saturated rings. The lowest BCUT2D eigenvalue weighted by Gasteiger charge is -2.13. The second-order valence-electron chi connectivity index (χ2n) is 10.2. The molecule has 4 aromatic rings. The molecule has 0 radical (unpaired) electrons. The summed E-state index contributed by atoms with van der Waals surface area (Å²) in [6, 6.07) is 10.9. The third-order valence-electron chi connectivity index (χ3n) is 7.30. The van der Waals surface area contributed by atoms with Gasteiger partial charge in [-0.15, -0.1) is 0 Å². The van der Waals surface area contributed by atoms with Crippen LogP contribution in [0.25, 0.3) is 32.9 Å². The molecule has 0 saturated heterocycles. The molecule has 0 spiro atoms. The number of hydrogen-bond acceptors (Lipinski definition) is 4. The molecule has 2 heterocycles. The highest BCUT2D eigenvalue weighted by atomic mass is 35.5. The minimum Gasteiger partial charge on any atom is -0.508 e. The number of rotatable bonds is 9. The van der Waals surface area contributed by atoms with Crippen LogP contribution in [0.3, 0.4) is 0 Å². The quantitative estimate of drug-likeness (QED) is 0.173. The van der Waals surface area contributed by atoms with Crippen LogP contribution in [0.1, 0.15) is 58.9 Å². The zero-order valence-electron chi connectivity index (χ0n) is 21.8. The van der Waals surface area contributed by atoms with E-state index in [2.05, 4.69) is 35.8 Å². The van der Waals surface area contributed by atoms with Gasteiger partial charge < -0.3 is 14.6 Å². The van der Waals surface area contributed by atoms with Crippen LogP contribution in [0.5, 0.6) is 5.75 Å². The second-order valence-corrected chi connectivity index (χ2v) is 11.0. The fourth-order valence-electron chi connectivity index (χ4n) is 5.47. The third kappa shape index (κ3) is 4.55. The first-order valence-corrected chi connectivity index (χ1v) is 13.8. The van der Waals surface area contributed by atoms with Crippen molar-refractivity contribution < 1.29 is 14.7 Å². The molecule has 0 atom stereocenters. The van der Waals surface area contributed by atoms with Gasteiger partial charge in [0.05, 0.1) is 16.6 Å². The standard InChI is InChI=1S/C30H31Cl2N3O3/c1-4-5-13-35-22-14-17(9-6-7-12-34(2)3)24(36)16-18(22)26-23(35)15-19(25-20(31)10-8-11-21(25)32)27-28(26)30(38)33-29(27)37/h8,10-11,14-16,36H,4-7,9,12-13H2,1-3H3,(H,33,37,38). The highest BCUT2D eigenvalue weighted by Crippen LogP contribution is 2.45. The summed E-state index contributed by atoms with van der Waals surface area (Å²) >= 11 is 13.2. The number of imide groups is 1. The number of phenols is 1. The summed E-state index contributed by atoms with van der Waals surface area (Å²) < 4.78 is 2.20. The maximum atomic E-state index is 13.2. The summed E-state index contributed by atoms with van der Waals surface area (Å²) in [5, 5.41) is 15.7. The van der Waals surface area contributed by atoms with Crippen LogP contribution in [0.4, 0.5) is 0 Å². The number of amides is 2. The number of aromatic hydroxyl groups is 1. The summed E-state index contributed by atoms with van der Waals surface area (Å²) in [4.78, 5) is 28.5. The molecule has 198 valence electrons. The van der Waals surface area contributed by atoms with Crippen LogP contribution in [0.15, 0.2) is 36.4 Å². The Morgan fingerprint density at radius 2 is 1.63 bits per heavy atom.